The molecular weight excluding hydrogens is 327 g/mol. The number of carbonyl (C=O) groups excluding carboxylic acids is 1. The first-order valence-electron chi connectivity index (χ1n) is 7.78. The minimum atomic E-state index is -4.15. The fourth-order valence-electron chi connectivity index (χ4n) is 3.24. The van der Waals surface area contributed by atoms with Gasteiger partial charge >= 0.3 is 12.2 Å². The molecule has 1 saturated heterocycles. The Balaban J connectivity index is 1.42. The molecule has 3 rings (SSSR count). The molecule has 1 aromatic heterocycles. The highest BCUT2D eigenvalue weighted by Crippen LogP contribution is 2.24. The maximum atomic E-state index is 12.4. The number of urea groups is 1. The van der Waals surface area contributed by atoms with Crippen LogP contribution in [-0.4, -0.2) is 54.7 Å². The van der Waals surface area contributed by atoms with Crippen LogP contribution in [0, 0.1) is 5.92 Å². The van der Waals surface area contributed by atoms with Crippen LogP contribution in [0.4, 0.5) is 18.0 Å². The average Bonchev–Trinajstić information content (AvgIpc) is 3.11. The van der Waals surface area contributed by atoms with Gasteiger partial charge in [-0.15, -0.1) is 11.3 Å². The first-order chi connectivity index (χ1) is 10.9. The number of likely N-dealkylation sites (tertiary alicyclic amines) is 1. The van der Waals surface area contributed by atoms with Crippen LogP contribution in [0.25, 0.3) is 0 Å². The zero-order valence-electron chi connectivity index (χ0n) is 12.7. The molecule has 0 unspecified atom stereocenters. The third kappa shape index (κ3) is 4.38. The van der Waals surface area contributed by atoms with Gasteiger partial charge in [0, 0.05) is 31.1 Å². The van der Waals surface area contributed by atoms with E-state index in [9.17, 15) is 18.0 Å². The first-order valence-corrected chi connectivity index (χ1v) is 8.66. The van der Waals surface area contributed by atoms with Crippen molar-refractivity contribution in [2.45, 2.75) is 25.6 Å². The largest absolute Gasteiger partial charge is 0.401 e. The molecule has 0 aliphatic carbocycles. The molecule has 3 heterocycles. The number of thiophene rings is 1. The minimum absolute atomic E-state index is 0.0998. The quantitative estimate of drug-likeness (QED) is 0.913. The summed E-state index contributed by atoms with van der Waals surface area (Å²) in [7, 11) is 0. The molecule has 2 amide bonds. The lowest BCUT2D eigenvalue weighted by Crippen LogP contribution is -2.44. The highest BCUT2D eigenvalue weighted by molar-refractivity contribution is 7.10. The molecule has 0 bridgehead atoms. The lowest BCUT2D eigenvalue weighted by Gasteiger charge is -2.27. The maximum absolute atomic E-state index is 12.4. The molecule has 0 radical (unpaired) electrons. The van der Waals surface area contributed by atoms with Crippen molar-refractivity contribution in [1.29, 1.82) is 0 Å². The van der Waals surface area contributed by atoms with Crippen LogP contribution >= 0.6 is 11.3 Å². The van der Waals surface area contributed by atoms with Gasteiger partial charge in [0.1, 0.15) is 0 Å². The van der Waals surface area contributed by atoms with E-state index in [2.05, 4.69) is 5.32 Å². The number of hydrogen-bond donors (Lipinski definition) is 1. The fraction of sp³-hybridized carbons (Fsp3) is 0.667. The minimum Gasteiger partial charge on any atom is -0.338 e. The molecule has 0 spiro atoms. The van der Waals surface area contributed by atoms with Gasteiger partial charge in [-0.25, -0.2) is 4.79 Å². The van der Waals surface area contributed by atoms with E-state index in [0.29, 0.717) is 39.1 Å². The predicted octanol–water partition coefficient (Wildman–Crippen LogP) is 2.70. The zero-order chi connectivity index (χ0) is 16.4. The summed E-state index contributed by atoms with van der Waals surface area (Å²) >= 11 is 1.72. The Kier molecular flexibility index (Phi) is 4.82. The van der Waals surface area contributed by atoms with E-state index < -0.39 is 12.7 Å². The van der Waals surface area contributed by atoms with Gasteiger partial charge in [0.2, 0.25) is 0 Å². The number of nitrogens with zero attached hydrogens (tertiary/aromatic N) is 2. The van der Waals surface area contributed by atoms with Crippen LogP contribution in [0.2, 0.25) is 0 Å². The van der Waals surface area contributed by atoms with Crippen molar-refractivity contribution >= 4 is 17.4 Å². The van der Waals surface area contributed by atoms with E-state index in [1.165, 1.54) is 15.3 Å². The summed E-state index contributed by atoms with van der Waals surface area (Å²) in [4.78, 5) is 16.7. The number of halogens is 3. The Morgan fingerprint density at radius 2 is 2.22 bits per heavy atom. The van der Waals surface area contributed by atoms with Gasteiger partial charge in [0.25, 0.3) is 0 Å². The van der Waals surface area contributed by atoms with E-state index in [1.54, 1.807) is 16.2 Å². The van der Waals surface area contributed by atoms with Gasteiger partial charge in [-0.2, -0.15) is 13.2 Å². The van der Waals surface area contributed by atoms with Crippen LogP contribution in [0.15, 0.2) is 11.4 Å². The van der Waals surface area contributed by atoms with Crippen molar-refractivity contribution < 1.29 is 18.0 Å². The van der Waals surface area contributed by atoms with Gasteiger partial charge in [-0.1, -0.05) is 0 Å². The normalized spacial score (nSPS) is 22.2. The third-order valence-corrected chi connectivity index (χ3v) is 5.43. The summed E-state index contributed by atoms with van der Waals surface area (Å²) in [6.07, 6.45) is -2.57. The lowest BCUT2D eigenvalue weighted by atomic mass is 10.1. The van der Waals surface area contributed by atoms with Crippen LogP contribution in [0.3, 0.4) is 0 Å². The number of rotatable bonds is 3. The Labute approximate surface area is 137 Å². The van der Waals surface area contributed by atoms with E-state index in [4.69, 9.17) is 0 Å². The third-order valence-electron chi connectivity index (χ3n) is 4.41. The van der Waals surface area contributed by atoms with Crippen LogP contribution in [0.1, 0.15) is 16.9 Å². The number of nitrogens with one attached hydrogen (secondary N) is 1. The Morgan fingerprint density at radius 1 is 1.39 bits per heavy atom. The molecule has 0 aromatic carbocycles. The molecule has 23 heavy (non-hydrogen) atoms. The zero-order valence-corrected chi connectivity index (χ0v) is 13.6. The smallest absolute Gasteiger partial charge is 0.338 e. The fourth-order valence-corrected chi connectivity index (χ4v) is 4.13. The average molecular weight is 347 g/mol. The summed E-state index contributed by atoms with van der Waals surface area (Å²) in [6.45, 7) is 1.75. The van der Waals surface area contributed by atoms with E-state index >= 15 is 0 Å². The highest BCUT2D eigenvalue weighted by atomic mass is 32.1. The van der Waals surface area contributed by atoms with Gasteiger partial charge in [0.15, 0.2) is 0 Å². The number of fused-ring (bicyclic) bond motifs is 1. The van der Waals surface area contributed by atoms with Crippen LogP contribution < -0.4 is 5.32 Å². The van der Waals surface area contributed by atoms with Crippen molar-refractivity contribution in [1.82, 2.24) is 15.1 Å². The lowest BCUT2D eigenvalue weighted by molar-refractivity contribution is -0.143. The second kappa shape index (κ2) is 6.68. The highest BCUT2D eigenvalue weighted by Gasteiger charge is 2.34. The molecular formula is C15H20F3N3OS. The molecule has 4 nitrogen and oxygen atoms in total. The van der Waals surface area contributed by atoms with Crippen molar-refractivity contribution in [3.05, 3.63) is 21.9 Å². The Hall–Kier alpha value is -1.28. The molecule has 2 aliphatic rings. The molecule has 1 N–H and O–H groups in total. The van der Waals surface area contributed by atoms with Crippen molar-refractivity contribution in [3.63, 3.8) is 0 Å². The number of amides is 2. The van der Waals surface area contributed by atoms with Crippen molar-refractivity contribution in [3.8, 4) is 0 Å². The molecule has 0 saturated carbocycles. The summed E-state index contributed by atoms with van der Waals surface area (Å²) in [5.41, 5.74) is 1.20. The van der Waals surface area contributed by atoms with Crippen molar-refractivity contribution in [2.75, 3.05) is 32.7 Å². The summed E-state index contributed by atoms with van der Waals surface area (Å²) in [5.74, 6) is 0.0998. The monoisotopic (exact) mass is 347 g/mol. The summed E-state index contributed by atoms with van der Waals surface area (Å²) in [6, 6.07) is 1.93. The topological polar surface area (TPSA) is 35.6 Å². The molecule has 128 valence electrons. The van der Waals surface area contributed by atoms with Crippen molar-refractivity contribution in [2.24, 2.45) is 5.92 Å². The van der Waals surface area contributed by atoms with Crippen LogP contribution in [0.5, 0.6) is 0 Å². The summed E-state index contributed by atoms with van der Waals surface area (Å²) in [5, 5.41) is 4.92. The predicted molar refractivity (Wildman–Crippen MR) is 82.4 cm³/mol. The summed E-state index contributed by atoms with van der Waals surface area (Å²) < 4.78 is 37.1. The second-order valence-electron chi connectivity index (χ2n) is 6.23. The van der Waals surface area contributed by atoms with E-state index in [0.717, 1.165) is 6.42 Å². The van der Waals surface area contributed by atoms with E-state index in [-0.39, 0.29) is 11.9 Å². The molecule has 1 atom stereocenters. The standard InChI is InChI=1S/C15H20F3N3OS/c16-15(17,18)10-20-4-1-11(8-20)7-19-14(22)21-5-2-13-12(9-21)3-6-23-13/h3,6,11H,1-2,4-5,7-10H2,(H,19,22)/t11-/m0/s1. The number of carbonyl (C=O) groups is 1. The SMILES string of the molecule is O=C(NC[C@@H]1CCN(CC(F)(F)F)C1)N1CCc2sccc2C1. The number of hydrogen-bond acceptors (Lipinski definition) is 3. The second-order valence-corrected chi connectivity index (χ2v) is 7.23. The van der Waals surface area contributed by atoms with Gasteiger partial charge in [-0.05, 0) is 42.3 Å². The van der Waals surface area contributed by atoms with Crippen LogP contribution in [-0.2, 0) is 13.0 Å². The maximum Gasteiger partial charge on any atom is 0.401 e. The van der Waals surface area contributed by atoms with Gasteiger partial charge < -0.3 is 10.2 Å². The molecule has 2 aliphatic heterocycles. The molecule has 1 aromatic rings. The molecule has 1 fully saturated rings. The van der Waals surface area contributed by atoms with Gasteiger partial charge in [0.05, 0.1) is 6.54 Å². The first kappa shape index (κ1) is 16.6. The number of alkyl halides is 3. The van der Waals surface area contributed by atoms with Gasteiger partial charge in [-0.3, -0.25) is 4.90 Å². The Morgan fingerprint density at radius 3 is 3.00 bits per heavy atom. The Bertz CT molecular complexity index is 560. The van der Waals surface area contributed by atoms with E-state index in [1.807, 2.05) is 11.4 Å². The molecule has 8 heteroatoms.